The molecule has 1 N–H and O–H groups in total. The lowest BCUT2D eigenvalue weighted by atomic mass is 9.68. The molecule has 0 spiro atoms. The molecular weight excluding hydrogens is 330 g/mol. The van der Waals surface area contributed by atoms with Crippen LogP contribution >= 0.6 is 11.3 Å². The Bertz CT molecular complexity index is 670. The van der Waals surface area contributed by atoms with Crippen LogP contribution < -0.4 is 4.74 Å². The number of aliphatic hydroxyl groups is 1. The lowest BCUT2D eigenvalue weighted by Gasteiger charge is -2.44. The molecular formula is C21H29NO2S. The first kappa shape index (κ1) is 18.4. The van der Waals surface area contributed by atoms with E-state index in [1.54, 1.807) is 18.4 Å². The molecule has 1 aromatic carbocycles. The van der Waals surface area contributed by atoms with Crippen LogP contribution in [0.3, 0.4) is 0 Å². The number of hydrogen-bond acceptors (Lipinski definition) is 4. The van der Waals surface area contributed by atoms with Gasteiger partial charge in [0.1, 0.15) is 11.4 Å². The summed E-state index contributed by atoms with van der Waals surface area (Å²) in [6, 6.07) is 12.5. The minimum atomic E-state index is -0.677. The predicted molar refractivity (Wildman–Crippen MR) is 104 cm³/mol. The van der Waals surface area contributed by atoms with Gasteiger partial charge < -0.3 is 14.7 Å². The van der Waals surface area contributed by atoms with Crippen LogP contribution in [0.4, 0.5) is 0 Å². The maximum Gasteiger partial charge on any atom is 0.119 e. The van der Waals surface area contributed by atoms with Gasteiger partial charge in [-0.15, -0.1) is 11.3 Å². The summed E-state index contributed by atoms with van der Waals surface area (Å²) in [6.45, 7) is 0.920. The number of rotatable bonds is 6. The highest BCUT2D eigenvalue weighted by Crippen LogP contribution is 2.46. The van der Waals surface area contributed by atoms with E-state index in [1.807, 2.05) is 12.1 Å². The Morgan fingerprint density at radius 1 is 1.28 bits per heavy atom. The predicted octanol–water partition coefficient (Wildman–Crippen LogP) is 4.16. The van der Waals surface area contributed by atoms with Crippen molar-refractivity contribution in [1.29, 1.82) is 0 Å². The van der Waals surface area contributed by atoms with Crippen molar-refractivity contribution in [1.82, 2.24) is 4.90 Å². The van der Waals surface area contributed by atoms with E-state index in [9.17, 15) is 5.11 Å². The molecule has 0 bridgehead atoms. The summed E-state index contributed by atoms with van der Waals surface area (Å²) >= 11 is 1.68. The van der Waals surface area contributed by atoms with Crippen molar-refractivity contribution in [2.75, 3.05) is 27.7 Å². The van der Waals surface area contributed by atoms with Crippen LogP contribution in [0.2, 0.25) is 0 Å². The topological polar surface area (TPSA) is 32.7 Å². The summed E-state index contributed by atoms with van der Waals surface area (Å²) in [7, 11) is 5.91. The molecule has 1 fully saturated rings. The van der Waals surface area contributed by atoms with Gasteiger partial charge in [-0.05, 0) is 74.8 Å². The average Bonchev–Trinajstić information content (AvgIpc) is 3.13. The lowest BCUT2D eigenvalue weighted by Crippen LogP contribution is -2.45. The Morgan fingerprint density at radius 3 is 2.80 bits per heavy atom. The van der Waals surface area contributed by atoms with Crippen molar-refractivity contribution in [3.8, 4) is 5.75 Å². The van der Waals surface area contributed by atoms with Crippen LogP contribution in [0.5, 0.6) is 5.75 Å². The smallest absolute Gasteiger partial charge is 0.119 e. The van der Waals surface area contributed by atoms with Gasteiger partial charge in [-0.2, -0.15) is 0 Å². The molecule has 0 saturated heterocycles. The molecule has 4 heteroatoms. The molecule has 3 nitrogen and oxygen atoms in total. The highest BCUT2D eigenvalue weighted by molar-refractivity contribution is 7.10. The van der Waals surface area contributed by atoms with Crippen molar-refractivity contribution in [2.45, 2.75) is 31.3 Å². The first-order chi connectivity index (χ1) is 12.0. The second-order valence-electron chi connectivity index (χ2n) is 7.56. The van der Waals surface area contributed by atoms with Gasteiger partial charge >= 0.3 is 0 Å². The Balaban J connectivity index is 1.75. The zero-order valence-electron chi connectivity index (χ0n) is 15.4. The molecule has 1 aliphatic carbocycles. The Hall–Kier alpha value is -1.36. The molecule has 0 amide bonds. The van der Waals surface area contributed by atoms with E-state index in [-0.39, 0.29) is 5.92 Å². The first-order valence-electron chi connectivity index (χ1n) is 9.05. The highest BCUT2D eigenvalue weighted by Gasteiger charge is 2.44. The van der Waals surface area contributed by atoms with Crippen LogP contribution in [0, 0.1) is 11.8 Å². The third-order valence-electron chi connectivity index (χ3n) is 5.42. The van der Waals surface area contributed by atoms with E-state index >= 15 is 0 Å². The van der Waals surface area contributed by atoms with Gasteiger partial charge in [0.2, 0.25) is 0 Å². The fourth-order valence-corrected chi connectivity index (χ4v) is 5.11. The molecule has 0 aliphatic heterocycles. The Kier molecular flexibility index (Phi) is 5.82. The zero-order valence-corrected chi connectivity index (χ0v) is 16.3. The summed E-state index contributed by atoms with van der Waals surface area (Å²) in [6.07, 6.45) is 4.03. The molecule has 136 valence electrons. The second-order valence-corrected chi connectivity index (χ2v) is 8.50. The van der Waals surface area contributed by atoms with Gasteiger partial charge in [0, 0.05) is 17.3 Å². The van der Waals surface area contributed by atoms with Gasteiger partial charge in [-0.3, -0.25) is 0 Å². The number of hydrogen-bond donors (Lipinski definition) is 1. The summed E-state index contributed by atoms with van der Waals surface area (Å²) in [5.74, 6) is 1.80. The SMILES string of the molecule is COc1cccc(CC2CCC(O)(c3cccs3)C(CN(C)C)C2)c1. The van der Waals surface area contributed by atoms with E-state index in [2.05, 4.69) is 48.6 Å². The van der Waals surface area contributed by atoms with E-state index in [0.717, 1.165) is 42.9 Å². The molecule has 3 unspecified atom stereocenters. The van der Waals surface area contributed by atoms with E-state index < -0.39 is 5.60 Å². The highest BCUT2D eigenvalue weighted by atomic mass is 32.1. The van der Waals surface area contributed by atoms with Crippen molar-refractivity contribution < 1.29 is 9.84 Å². The van der Waals surface area contributed by atoms with Crippen molar-refractivity contribution >= 4 is 11.3 Å². The normalized spacial score (nSPS) is 26.8. The minimum Gasteiger partial charge on any atom is -0.497 e. The van der Waals surface area contributed by atoms with Crippen LogP contribution in [-0.2, 0) is 12.0 Å². The van der Waals surface area contributed by atoms with Gasteiger partial charge in [-0.1, -0.05) is 18.2 Å². The first-order valence-corrected chi connectivity index (χ1v) is 9.93. The number of methoxy groups -OCH3 is 1. The van der Waals surface area contributed by atoms with Crippen LogP contribution in [0.15, 0.2) is 41.8 Å². The third-order valence-corrected chi connectivity index (χ3v) is 6.46. The Morgan fingerprint density at radius 2 is 2.12 bits per heavy atom. The van der Waals surface area contributed by atoms with E-state index in [0.29, 0.717) is 5.92 Å². The minimum absolute atomic E-state index is 0.269. The largest absolute Gasteiger partial charge is 0.497 e. The number of ether oxygens (including phenoxy) is 1. The monoisotopic (exact) mass is 359 g/mol. The number of benzene rings is 1. The van der Waals surface area contributed by atoms with Gasteiger partial charge in [0.05, 0.1) is 7.11 Å². The van der Waals surface area contributed by atoms with Crippen molar-refractivity contribution in [3.05, 3.63) is 52.2 Å². The molecule has 3 atom stereocenters. The Labute approximate surface area is 155 Å². The molecule has 3 rings (SSSR count). The van der Waals surface area contributed by atoms with E-state index in [4.69, 9.17) is 4.74 Å². The molecule has 1 aromatic heterocycles. The van der Waals surface area contributed by atoms with Crippen LogP contribution in [-0.4, -0.2) is 37.8 Å². The van der Waals surface area contributed by atoms with E-state index in [1.165, 1.54) is 5.56 Å². The summed E-state index contributed by atoms with van der Waals surface area (Å²) in [5, 5.41) is 13.5. The summed E-state index contributed by atoms with van der Waals surface area (Å²) < 4.78 is 5.35. The zero-order chi connectivity index (χ0) is 17.9. The van der Waals surface area contributed by atoms with Crippen LogP contribution in [0.25, 0.3) is 0 Å². The fourth-order valence-electron chi connectivity index (χ4n) is 4.18. The quantitative estimate of drug-likeness (QED) is 0.840. The van der Waals surface area contributed by atoms with Gasteiger partial charge in [0.25, 0.3) is 0 Å². The summed E-state index contributed by atoms with van der Waals surface area (Å²) in [5.41, 5.74) is 0.651. The molecule has 2 aromatic rings. The second kappa shape index (κ2) is 7.90. The molecule has 1 heterocycles. The average molecular weight is 360 g/mol. The maximum atomic E-state index is 11.5. The fraction of sp³-hybridized carbons (Fsp3) is 0.524. The number of nitrogens with zero attached hydrogens (tertiary/aromatic N) is 1. The molecule has 1 saturated carbocycles. The standard InChI is InChI=1S/C21H29NO2S/c1-22(2)15-18-13-17(12-16-6-4-7-19(14-16)24-3)9-10-21(18,23)20-8-5-11-25-20/h4-8,11,14,17-18,23H,9-10,12-13,15H2,1-3H3. The third kappa shape index (κ3) is 4.25. The van der Waals surface area contributed by atoms with Crippen molar-refractivity contribution in [2.24, 2.45) is 11.8 Å². The van der Waals surface area contributed by atoms with Gasteiger partial charge in [-0.25, -0.2) is 0 Å². The van der Waals surface area contributed by atoms with Crippen molar-refractivity contribution in [3.63, 3.8) is 0 Å². The molecule has 25 heavy (non-hydrogen) atoms. The number of thiophene rings is 1. The summed E-state index contributed by atoms with van der Waals surface area (Å²) in [4.78, 5) is 3.33. The van der Waals surface area contributed by atoms with Crippen LogP contribution in [0.1, 0.15) is 29.7 Å². The lowest BCUT2D eigenvalue weighted by molar-refractivity contribution is -0.0724. The molecule has 1 aliphatic rings. The maximum absolute atomic E-state index is 11.5. The molecule has 0 radical (unpaired) electrons. The van der Waals surface area contributed by atoms with Gasteiger partial charge in [0.15, 0.2) is 0 Å².